The Morgan fingerprint density at radius 1 is 0.286 bits per heavy atom. The summed E-state index contributed by atoms with van der Waals surface area (Å²) in [5, 5.41) is 6.02. The molecule has 10 aromatic carbocycles. The minimum absolute atomic E-state index is 0.206. The molecular formula is C102H89N5O5. The number of benzene rings is 10. The molecule has 0 N–H and O–H groups in total. The summed E-state index contributed by atoms with van der Waals surface area (Å²) < 4.78 is 93.6. The van der Waals surface area contributed by atoms with Crippen molar-refractivity contribution in [1.82, 2.24) is 24.9 Å². The largest absolute Gasteiger partial charge is 0.455 e. The highest BCUT2D eigenvalue weighted by molar-refractivity contribution is 6.13. The van der Waals surface area contributed by atoms with E-state index in [4.69, 9.17) is 43.0 Å². The summed E-state index contributed by atoms with van der Waals surface area (Å²) in [6, 6.07) is 90.6. The quantitative estimate of drug-likeness (QED) is 0.130. The summed E-state index contributed by atoms with van der Waals surface area (Å²) in [7, 11) is 0. The van der Waals surface area contributed by atoms with Gasteiger partial charge in [-0.3, -0.25) is 9.97 Å². The van der Waals surface area contributed by atoms with E-state index in [2.05, 4.69) is 198 Å². The van der Waals surface area contributed by atoms with Crippen LogP contribution in [0.2, 0.25) is 0 Å². The highest BCUT2D eigenvalue weighted by atomic mass is 16.3. The SMILES string of the molecule is CC(C)c1ccc2oc3c(-c4ccccc4)cccc3c2n1.Cc1cccc(-c2cccc3c2oc2ccc(C(C)C)nc23)c1.Cc1cccc(-c2cncc3c2oc2c(C(C)C)cccc23)c1.[2H]C([2H])([2H])C([2H])(C)c1ccc2oc3c(-c4ccccc4)cccc3c2n1.[2H]C([2H])([2H])C([2H])(C)c1ccnc2c1oc1c(-c3ccccc3)cccc12. The zero-order valence-corrected chi connectivity index (χ0v) is 64.2. The topological polar surface area (TPSA) is 130 Å². The van der Waals surface area contributed by atoms with Crippen molar-refractivity contribution in [2.45, 2.75) is 112 Å². The van der Waals surface area contributed by atoms with Crippen LogP contribution >= 0.6 is 0 Å². The van der Waals surface area contributed by atoms with Gasteiger partial charge in [-0.25, -0.2) is 15.0 Å². The molecule has 0 aliphatic carbocycles. The normalized spacial score (nSPS) is 13.9. The van der Waals surface area contributed by atoms with E-state index in [0.717, 1.165) is 138 Å². The van der Waals surface area contributed by atoms with E-state index in [0.29, 0.717) is 56.7 Å². The molecule has 0 radical (unpaired) electrons. The number of aromatic nitrogens is 5. The molecule has 0 saturated heterocycles. The summed E-state index contributed by atoms with van der Waals surface area (Å²) in [5.74, 6) is -2.35. The number of furan rings is 5. The minimum atomic E-state index is -2.48. The van der Waals surface area contributed by atoms with E-state index in [-0.39, 0.29) is 5.69 Å². The Labute approximate surface area is 663 Å². The Kier molecular flexibility index (Phi) is 18.0. The van der Waals surface area contributed by atoms with Crippen molar-refractivity contribution in [3.8, 4) is 55.6 Å². The fourth-order valence-corrected chi connectivity index (χ4v) is 14.6. The molecule has 0 amide bonds. The first-order chi connectivity index (χ1) is 57.6. The molecule has 2 atom stereocenters. The number of para-hydroxylation sites is 5. The predicted molar refractivity (Wildman–Crippen MR) is 465 cm³/mol. The van der Waals surface area contributed by atoms with Gasteiger partial charge >= 0.3 is 0 Å². The number of fused-ring (bicyclic) bond motifs is 15. The molecule has 112 heavy (non-hydrogen) atoms. The average molecular weight is 1470 g/mol. The van der Waals surface area contributed by atoms with Crippen LogP contribution in [0.1, 0.15) is 149 Å². The second-order valence-electron chi connectivity index (χ2n) is 29.3. The second kappa shape index (κ2) is 31.5. The highest BCUT2D eigenvalue weighted by Crippen LogP contribution is 2.43. The van der Waals surface area contributed by atoms with Crippen molar-refractivity contribution in [1.29, 1.82) is 0 Å². The van der Waals surface area contributed by atoms with Gasteiger partial charge in [-0.2, -0.15) is 0 Å². The Morgan fingerprint density at radius 3 is 1.12 bits per heavy atom. The fourth-order valence-electron chi connectivity index (χ4n) is 14.6. The maximum Gasteiger partial charge on any atom is 0.157 e. The van der Waals surface area contributed by atoms with Crippen molar-refractivity contribution < 1.29 is 33.1 Å². The lowest BCUT2D eigenvalue weighted by Crippen LogP contribution is -1.91. The zero-order chi connectivity index (χ0) is 84.1. The van der Waals surface area contributed by atoms with Crippen molar-refractivity contribution in [2.75, 3.05) is 0 Å². The molecule has 20 rings (SSSR count). The van der Waals surface area contributed by atoms with Crippen LogP contribution in [-0.2, 0) is 0 Å². The third-order valence-electron chi connectivity index (χ3n) is 20.4. The number of aryl methyl sites for hydroxylation is 2. The molecule has 20 aromatic rings. The fraction of sp³-hybridized carbons (Fsp3) is 0.167. The van der Waals surface area contributed by atoms with Gasteiger partial charge in [0.1, 0.15) is 55.6 Å². The van der Waals surface area contributed by atoms with Crippen LogP contribution in [0.5, 0.6) is 0 Å². The van der Waals surface area contributed by atoms with Crippen molar-refractivity contribution in [3.05, 3.63) is 331 Å². The van der Waals surface area contributed by atoms with Gasteiger partial charge in [-0.1, -0.05) is 286 Å². The van der Waals surface area contributed by atoms with Gasteiger partial charge in [0.15, 0.2) is 22.3 Å². The Balaban J connectivity index is 0.000000112. The van der Waals surface area contributed by atoms with Crippen LogP contribution in [0.15, 0.2) is 314 Å². The van der Waals surface area contributed by atoms with Crippen molar-refractivity contribution in [2.24, 2.45) is 0 Å². The molecule has 0 fully saturated rings. The smallest absolute Gasteiger partial charge is 0.157 e. The molecule has 0 spiro atoms. The van der Waals surface area contributed by atoms with Crippen molar-refractivity contribution in [3.63, 3.8) is 0 Å². The van der Waals surface area contributed by atoms with Gasteiger partial charge in [0, 0.05) is 112 Å². The maximum absolute atomic E-state index is 8.44. The molecule has 10 heteroatoms. The zero-order valence-electron chi connectivity index (χ0n) is 72.2. The van der Waals surface area contributed by atoms with Gasteiger partial charge < -0.3 is 22.1 Å². The van der Waals surface area contributed by atoms with Crippen LogP contribution < -0.4 is 0 Å². The predicted octanol–water partition coefficient (Wildman–Crippen LogP) is 29.5. The summed E-state index contributed by atoms with van der Waals surface area (Å²) in [6.45, 7) is 15.0. The molecule has 2 unspecified atom stereocenters. The van der Waals surface area contributed by atoms with Crippen LogP contribution in [0.3, 0.4) is 0 Å². The third kappa shape index (κ3) is 14.5. The van der Waals surface area contributed by atoms with Crippen LogP contribution in [0, 0.1) is 13.8 Å². The van der Waals surface area contributed by atoms with Crippen LogP contribution in [0.25, 0.3) is 166 Å². The summed E-state index contributed by atoms with van der Waals surface area (Å²) in [5.41, 5.74) is 27.9. The summed E-state index contributed by atoms with van der Waals surface area (Å²) in [6.07, 6.45) is 5.35. The van der Waals surface area contributed by atoms with E-state index < -0.39 is 25.5 Å². The standard InChI is InChI=1S/2C21H19NO.3C20H17NO/c1-13(2)16-8-5-9-17-19-12-22-11-18(21(19)23-20(16)17)15-7-4-6-14(3)10-15;1-13(2)18-10-11-19-20(22-18)17-9-5-8-16(21(17)23-19)15-7-4-6-14(3)12-15;1-13(2)15-11-12-21-18-17-10-6-9-16(19(17)22-20(15)18)14-7-4-3-5-8-14;2*1-13(2)17-11-12-18-19(21-17)16-10-6-9-15(20(16)22-18)14-7-4-3-5-8-14/h2*4-13H,1-3H3;3*3-13H,1-2H3/i;;2*1D3,13D;. The van der Waals surface area contributed by atoms with E-state index in [1.807, 2.05) is 140 Å². The molecule has 10 heterocycles. The lowest BCUT2D eigenvalue weighted by atomic mass is 10.00. The molecular weight excluding hydrogens is 1380 g/mol. The first kappa shape index (κ1) is 63.8. The van der Waals surface area contributed by atoms with E-state index >= 15 is 0 Å². The lowest BCUT2D eigenvalue weighted by Gasteiger charge is -2.04. The number of rotatable bonds is 10. The van der Waals surface area contributed by atoms with Gasteiger partial charge in [-0.15, -0.1) is 0 Å². The Bertz CT molecular complexity index is 7140. The molecule has 10 nitrogen and oxygen atoms in total. The first-order valence-electron chi connectivity index (χ1n) is 42.0. The highest BCUT2D eigenvalue weighted by Gasteiger charge is 2.22. The number of pyridine rings is 5. The van der Waals surface area contributed by atoms with Gasteiger partial charge in [0.2, 0.25) is 0 Å². The summed E-state index contributed by atoms with van der Waals surface area (Å²) >= 11 is 0. The number of nitrogens with zero attached hydrogens (tertiary/aromatic N) is 5. The molecule has 552 valence electrons. The van der Waals surface area contributed by atoms with E-state index in [1.54, 1.807) is 24.4 Å². The molecule has 10 aromatic heterocycles. The molecule has 0 aliphatic heterocycles. The third-order valence-corrected chi connectivity index (χ3v) is 20.4. The molecule has 0 saturated carbocycles. The van der Waals surface area contributed by atoms with Crippen LogP contribution in [-0.4, -0.2) is 24.9 Å². The lowest BCUT2D eigenvalue weighted by molar-refractivity contribution is 0.656. The first-order valence-corrected chi connectivity index (χ1v) is 38.0. The molecule has 0 aliphatic rings. The number of hydrogen-bond acceptors (Lipinski definition) is 10. The van der Waals surface area contributed by atoms with E-state index in [9.17, 15) is 0 Å². The molecule has 0 bridgehead atoms. The maximum atomic E-state index is 8.44. The number of hydrogen-bond donors (Lipinski definition) is 0. The average Bonchev–Trinajstić information content (AvgIpc) is 1.56. The van der Waals surface area contributed by atoms with Gasteiger partial charge in [0.05, 0.1) is 0 Å². The second-order valence-corrected chi connectivity index (χ2v) is 29.3. The van der Waals surface area contributed by atoms with E-state index in [1.165, 1.54) is 36.1 Å². The van der Waals surface area contributed by atoms with Crippen LogP contribution in [0.4, 0.5) is 0 Å². The summed E-state index contributed by atoms with van der Waals surface area (Å²) in [4.78, 5) is 23.0. The van der Waals surface area contributed by atoms with Crippen molar-refractivity contribution >= 4 is 110 Å². The monoisotopic (exact) mass is 1470 g/mol. The Hall–Kier alpha value is -13.1. The minimum Gasteiger partial charge on any atom is -0.455 e. The van der Waals surface area contributed by atoms with Gasteiger partial charge in [-0.05, 0) is 143 Å². The van der Waals surface area contributed by atoms with Gasteiger partial charge in [0.25, 0.3) is 0 Å². The Morgan fingerprint density at radius 2 is 0.670 bits per heavy atom.